The minimum atomic E-state index is 0.760. The van der Waals surface area contributed by atoms with Crippen molar-refractivity contribution in [3.63, 3.8) is 0 Å². The second kappa shape index (κ2) is 4.49. The first-order chi connectivity index (χ1) is 8.10. The van der Waals surface area contributed by atoms with Gasteiger partial charge in [-0.1, -0.05) is 13.0 Å². The van der Waals surface area contributed by atoms with Gasteiger partial charge in [0.15, 0.2) is 0 Å². The molecule has 1 aromatic carbocycles. The quantitative estimate of drug-likeness (QED) is 0.797. The number of benzene rings is 1. The molecule has 90 valence electrons. The van der Waals surface area contributed by atoms with Crippen molar-refractivity contribution in [2.45, 2.75) is 20.3 Å². The minimum absolute atomic E-state index is 0.760. The molecule has 1 heterocycles. The van der Waals surface area contributed by atoms with E-state index in [4.69, 9.17) is 5.73 Å². The van der Waals surface area contributed by atoms with E-state index in [9.17, 15) is 0 Å². The molecule has 4 nitrogen and oxygen atoms in total. The van der Waals surface area contributed by atoms with Crippen LogP contribution in [0.3, 0.4) is 0 Å². The molecule has 4 heteroatoms. The van der Waals surface area contributed by atoms with Gasteiger partial charge in [-0.2, -0.15) is 5.10 Å². The third kappa shape index (κ3) is 2.41. The Kier molecular flexibility index (Phi) is 3.04. The Morgan fingerprint density at radius 1 is 1.35 bits per heavy atom. The zero-order valence-corrected chi connectivity index (χ0v) is 10.5. The molecule has 0 unspecified atom stereocenters. The van der Waals surface area contributed by atoms with E-state index in [-0.39, 0.29) is 0 Å². The van der Waals surface area contributed by atoms with Crippen molar-refractivity contribution in [3.8, 4) is 0 Å². The van der Waals surface area contributed by atoms with Crippen molar-refractivity contribution >= 4 is 17.1 Å². The zero-order valence-electron chi connectivity index (χ0n) is 10.5. The van der Waals surface area contributed by atoms with E-state index < -0.39 is 0 Å². The van der Waals surface area contributed by atoms with Crippen LogP contribution < -0.4 is 11.1 Å². The molecular formula is C13H18N4. The number of rotatable bonds is 3. The van der Waals surface area contributed by atoms with Gasteiger partial charge in [-0.25, -0.2) is 0 Å². The van der Waals surface area contributed by atoms with Crippen molar-refractivity contribution in [1.82, 2.24) is 9.78 Å². The fourth-order valence-electron chi connectivity index (χ4n) is 1.84. The third-order valence-corrected chi connectivity index (χ3v) is 2.72. The van der Waals surface area contributed by atoms with Crippen molar-refractivity contribution in [1.29, 1.82) is 0 Å². The van der Waals surface area contributed by atoms with Crippen LogP contribution in [0, 0.1) is 6.92 Å². The van der Waals surface area contributed by atoms with Gasteiger partial charge in [0.2, 0.25) is 0 Å². The number of nitrogens with one attached hydrogen (secondary N) is 1. The van der Waals surface area contributed by atoms with Gasteiger partial charge in [0.25, 0.3) is 0 Å². The van der Waals surface area contributed by atoms with Crippen LogP contribution in [-0.4, -0.2) is 9.78 Å². The summed E-state index contributed by atoms with van der Waals surface area (Å²) in [7, 11) is 1.92. The van der Waals surface area contributed by atoms with E-state index in [0.717, 1.165) is 34.7 Å². The summed E-state index contributed by atoms with van der Waals surface area (Å²) in [5.74, 6) is 0. The van der Waals surface area contributed by atoms with Gasteiger partial charge in [-0.05, 0) is 31.0 Å². The number of hydrogen-bond acceptors (Lipinski definition) is 3. The molecule has 2 aromatic rings. The maximum atomic E-state index is 5.98. The second-order valence-electron chi connectivity index (χ2n) is 4.23. The van der Waals surface area contributed by atoms with Gasteiger partial charge in [0.1, 0.15) is 0 Å². The summed E-state index contributed by atoms with van der Waals surface area (Å²) < 4.78 is 1.81. The van der Waals surface area contributed by atoms with E-state index in [0.29, 0.717) is 0 Å². The Bertz CT molecular complexity index is 528. The Morgan fingerprint density at radius 3 is 2.76 bits per heavy atom. The maximum Gasteiger partial charge on any atom is 0.0856 e. The summed E-state index contributed by atoms with van der Waals surface area (Å²) >= 11 is 0. The summed E-state index contributed by atoms with van der Waals surface area (Å²) in [6.45, 7) is 4.12. The molecule has 0 amide bonds. The molecule has 2 rings (SSSR count). The third-order valence-electron chi connectivity index (χ3n) is 2.72. The highest BCUT2D eigenvalue weighted by Crippen LogP contribution is 2.25. The SMILES string of the molecule is CCc1nn(C)cc1Nc1ccc(C)cc1N. The van der Waals surface area contributed by atoms with Gasteiger partial charge >= 0.3 is 0 Å². The number of aryl methyl sites for hydroxylation is 3. The molecule has 0 saturated heterocycles. The molecule has 0 fully saturated rings. The smallest absolute Gasteiger partial charge is 0.0856 e. The van der Waals surface area contributed by atoms with Crippen LogP contribution in [0.2, 0.25) is 0 Å². The lowest BCUT2D eigenvalue weighted by atomic mass is 10.2. The molecule has 0 spiro atoms. The van der Waals surface area contributed by atoms with E-state index in [1.165, 1.54) is 0 Å². The molecule has 0 saturated carbocycles. The van der Waals surface area contributed by atoms with E-state index in [2.05, 4.69) is 17.3 Å². The molecule has 0 aliphatic carbocycles. The number of anilines is 3. The fourth-order valence-corrected chi connectivity index (χ4v) is 1.84. The highest BCUT2D eigenvalue weighted by molar-refractivity contribution is 5.73. The van der Waals surface area contributed by atoms with Crippen molar-refractivity contribution in [2.75, 3.05) is 11.1 Å². The average Bonchev–Trinajstić information content (AvgIpc) is 2.63. The predicted octanol–water partition coefficient (Wildman–Crippen LogP) is 2.62. The molecule has 3 N–H and O–H groups in total. The molecule has 0 bridgehead atoms. The van der Waals surface area contributed by atoms with Crippen LogP contribution >= 0.6 is 0 Å². The Hall–Kier alpha value is -1.97. The molecule has 0 aliphatic heterocycles. The molecule has 0 atom stereocenters. The lowest BCUT2D eigenvalue weighted by Gasteiger charge is -2.09. The summed E-state index contributed by atoms with van der Waals surface area (Å²) in [6.07, 6.45) is 2.87. The van der Waals surface area contributed by atoms with Crippen molar-refractivity contribution in [3.05, 3.63) is 35.7 Å². The van der Waals surface area contributed by atoms with Crippen LogP contribution in [0.5, 0.6) is 0 Å². The fraction of sp³-hybridized carbons (Fsp3) is 0.308. The monoisotopic (exact) mass is 230 g/mol. The van der Waals surface area contributed by atoms with Crippen LogP contribution in [0.4, 0.5) is 17.1 Å². The molecular weight excluding hydrogens is 212 g/mol. The lowest BCUT2D eigenvalue weighted by Crippen LogP contribution is -1.98. The van der Waals surface area contributed by atoms with Crippen molar-refractivity contribution < 1.29 is 0 Å². The minimum Gasteiger partial charge on any atom is -0.397 e. The predicted molar refractivity (Wildman–Crippen MR) is 71.5 cm³/mol. The average molecular weight is 230 g/mol. The standard InChI is InChI=1S/C13H18N4/c1-4-11-13(8-17(3)16-11)15-12-6-5-9(2)7-10(12)14/h5-8,15H,4,14H2,1-3H3. The first-order valence-corrected chi connectivity index (χ1v) is 5.76. The first-order valence-electron chi connectivity index (χ1n) is 5.76. The summed E-state index contributed by atoms with van der Waals surface area (Å²) in [4.78, 5) is 0. The Labute approximate surface area is 101 Å². The summed E-state index contributed by atoms with van der Waals surface area (Å²) in [6, 6.07) is 6.00. The Morgan fingerprint density at radius 2 is 2.12 bits per heavy atom. The van der Waals surface area contributed by atoms with Gasteiger partial charge < -0.3 is 11.1 Å². The summed E-state index contributed by atoms with van der Waals surface area (Å²) in [5, 5.41) is 7.72. The summed E-state index contributed by atoms with van der Waals surface area (Å²) in [5.41, 5.74) is 10.9. The Balaban J connectivity index is 2.30. The van der Waals surface area contributed by atoms with Crippen molar-refractivity contribution in [2.24, 2.45) is 7.05 Å². The highest BCUT2D eigenvalue weighted by Gasteiger charge is 2.07. The topological polar surface area (TPSA) is 55.9 Å². The number of nitrogens with two attached hydrogens (primary N) is 1. The highest BCUT2D eigenvalue weighted by atomic mass is 15.3. The number of nitrogens with zero attached hydrogens (tertiary/aromatic N) is 2. The lowest BCUT2D eigenvalue weighted by molar-refractivity contribution is 0.746. The van der Waals surface area contributed by atoms with Crippen LogP contribution in [0.15, 0.2) is 24.4 Å². The normalized spacial score (nSPS) is 10.5. The molecule has 0 radical (unpaired) electrons. The van der Waals surface area contributed by atoms with Crippen LogP contribution in [0.1, 0.15) is 18.2 Å². The molecule has 1 aromatic heterocycles. The second-order valence-corrected chi connectivity index (χ2v) is 4.23. The number of aromatic nitrogens is 2. The van der Waals surface area contributed by atoms with Crippen LogP contribution in [-0.2, 0) is 13.5 Å². The van der Waals surface area contributed by atoms with E-state index in [1.54, 1.807) is 0 Å². The number of nitrogen functional groups attached to an aromatic ring is 1. The van der Waals surface area contributed by atoms with Gasteiger partial charge in [0.05, 0.1) is 22.8 Å². The largest absolute Gasteiger partial charge is 0.397 e. The van der Waals surface area contributed by atoms with Crippen LogP contribution in [0.25, 0.3) is 0 Å². The van der Waals surface area contributed by atoms with Gasteiger partial charge in [-0.3, -0.25) is 4.68 Å². The van der Waals surface area contributed by atoms with E-state index in [1.807, 2.05) is 43.0 Å². The number of hydrogen-bond donors (Lipinski definition) is 2. The zero-order chi connectivity index (χ0) is 12.4. The van der Waals surface area contributed by atoms with Gasteiger partial charge in [0, 0.05) is 13.2 Å². The first kappa shape index (κ1) is 11.5. The molecule has 17 heavy (non-hydrogen) atoms. The van der Waals surface area contributed by atoms with E-state index >= 15 is 0 Å². The van der Waals surface area contributed by atoms with Gasteiger partial charge in [-0.15, -0.1) is 0 Å². The maximum absolute atomic E-state index is 5.98. The molecule has 0 aliphatic rings.